The van der Waals surface area contributed by atoms with Gasteiger partial charge in [-0.1, -0.05) is 67.6 Å². The van der Waals surface area contributed by atoms with Crippen LogP contribution in [0.5, 0.6) is 23.0 Å². The normalized spacial score (nSPS) is 24.3. The zero-order valence-electron chi connectivity index (χ0n) is 24.1. The number of carbonyl (C=O) groups is 1. The number of hydrogen-bond donors (Lipinski definition) is 4. The molecule has 0 heterocycles. The van der Waals surface area contributed by atoms with Crippen LogP contribution >= 0.6 is 0 Å². The maximum Gasteiger partial charge on any atom is 0.160 e. The first kappa shape index (κ1) is 29.5. The van der Waals surface area contributed by atoms with Gasteiger partial charge in [0.15, 0.2) is 23.0 Å². The molecule has 3 aromatic carbocycles. The molecular formula is C36H40O6. The average molecular weight is 569 g/mol. The summed E-state index contributed by atoms with van der Waals surface area (Å²) >= 11 is 0. The summed E-state index contributed by atoms with van der Waals surface area (Å²) in [7, 11) is 1.50. The molecule has 220 valence electrons. The Labute approximate surface area is 248 Å². The molecule has 2 aliphatic carbocycles. The molecule has 6 nitrogen and oxygen atoms in total. The van der Waals surface area contributed by atoms with Crippen molar-refractivity contribution in [2.45, 2.75) is 75.2 Å². The number of methoxy groups -OCH3 is 1. The Morgan fingerprint density at radius 3 is 2.33 bits per heavy atom. The first-order valence-corrected chi connectivity index (χ1v) is 14.9. The number of hydrogen-bond acceptors (Lipinski definition) is 6. The van der Waals surface area contributed by atoms with Crippen molar-refractivity contribution in [3.63, 3.8) is 0 Å². The van der Waals surface area contributed by atoms with Crippen molar-refractivity contribution < 1.29 is 30.0 Å². The molecule has 3 aromatic rings. The summed E-state index contributed by atoms with van der Waals surface area (Å²) in [4.78, 5) is 13.7. The number of rotatable bonds is 6. The van der Waals surface area contributed by atoms with E-state index < -0.39 is 11.5 Å². The molecular weight excluding hydrogens is 528 g/mol. The minimum atomic E-state index is -0.901. The molecule has 0 bridgehead atoms. The zero-order valence-corrected chi connectivity index (χ0v) is 24.1. The highest BCUT2D eigenvalue weighted by Crippen LogP contribution is 2.50. The molecule has 42 heavy (non-hydrogen) atoms. The molecule has 6 heteroatoms. The van der Waals surface area contributed by atoms with E-state index in [1.165, 1.54) is 13.2 Å². The number of phenols is 3. The van der Waals surface area contributed by atoms with E-state index in [1.54, 1.807) is 18.2 Å². The molecule has 0 amide bonds. The lowest BCUT2D eigenvalue weighted by Crippen LogP contribution is -2.44. The van der Waals surface area contributed by atoms with Crippen LogP contribution < -0.4 is 4.74 Å². The molecule has 0 radical (unpaired) electrons. The van der Waals surface area contributed by atoms with Crippen LogP contribution in [-0.2, 0) is 16.6 Å². The number of ketones is 1. The Bertz CT molecular complexity index is 1450. The Morgan fingerprint density at radius 1 is 0.881 bits per heavy atom. The molecule has 1 saturated carbocycles. The van der Waals surface area contributed by atoms with Crippen LogP contribution in [-0.4, -0.2) is 39.4 Å². The van der Waals surface area contributed by atoms with E-state index >= 15 is 0 Å². The van der Waals surface area contributed by atoms with E-state index in [1.807, 2.05) is 30.3 Å². The molecule has 0 aliphatic heterocycles. The second-order valence-corrected chi connectivity index (χ2v) is 11.9. The third kappa shape index (κ3) is 6.27. The first-order chi connectivity index (χ1) is 20.3. The molecule has 4 atom stereocenters. The van der Waals surface area contributed by atoms with Crippen molar-refractivity contribution in [1.82, 2.24) is 0 Å². The highest BCUT2D eigenvalue weighted by molar-refractivity contribution is 5.80. The van der Waals surface area contributed by atoms with Crippen molar-refractivity contribution in [3.8, 4) is 34.8 Å². The van der Waals surface area contributed by atoms with Gasteiger partial charge >= 0.3 is 0 Å². The Balaban J connectivity index is 1.57. The standard InChI is InChI=1S/C36H40O6/c1-42-35-20-26(13-15-32(35)39)29-22-28(37)23-33(40)30(12-8-11-25(29)19-24-9-4-2-5-10-24)36(17-6-3-7-18-36)27-14-16-31(38)34(41)21-27/h2,4-5,9-10,13-16,20-21,25,29-30,33,38-41H,3,6-7,12,17-19,22-23H2,1H3. The summed E-state index contributed by atoms with van der Waals surface area (Å²) in [6.07, 6.45) is 5.07. The van der Waals surface area contributed by atoms with Crippen LogP contribution in [0.15, 0.2) is 66.7 Å². The van der Waals surface area contributed by atoms with Crippen LogP contribution in [0, 0.1) is 23.7 Å². The van der Waals surface area contributed by atoms with E-state index in [0.717, 1.165) is 48.8 Å². The molecule has 0 spiro atoms. The lowest BCUT2D eigenvalue weighted by atomic mass is 9.59. The van der Waals surface area contributed by atoms with Gasteiger partial charge in [-0.15, -0.1) is 5.92 Å². The number of aliphatic hydroxyl groups excluding tert-OH is 1. The Morgan fingerprint density at radius 2 is 1.62 bits per heavy atom. The highest BCUT2D eigenvalue weighted by Gasteiger charge is 2.45. The third-order valence-electron chi connectivity index (χ3n) is 9.38. The fourth-order valence-corrected chi connectivity index (χ4v) is 7.17. The smallest absolute Gasteiger partial charge is 0.160 e. The van der Waals surface area contributed by atoms with Crippen LogP contribution in [0.1, 0.15) is 74.0 Å². The fourth-order valence-electron chi connectivity index (χ4n) is 7.17. The quantitative estimate of drug-likeness (QED) is 0.203. The van der Waals surface area contributed by atoms with E-state index in [4.69, 9.17) is 4.74 Å². The number of Topliss-reactive ketones (excluding diaryl/α,β-unsaturated/α-hetero) is 1. The summed E-state index contributed by atoms with van der Waals surface area (Å²) < 4.78 is 5.38. The monoisotopic (exact) mass is 568 g/mol. The number of phenolic OH excluding ortho intramolecular Hbond substituents is 3. The van der Waals surface area contributed by atoms with Gasteiger partial charge in [-0.2, -0.15) is 0 Å². The SMILES string of the molecule is COc1cc(C2CC(=O)CC(O)C(C3(c4ccc(O)c(O)c4)CCCCC3)CC#CC2Cc2ccccc2)ccc1O. The average Bonchev–Trinajstić information content (AvgIpc) is 3.00. The number of carbonyl (C=O) groups excluding carboxylic acids is 1. The maximum atomic E-state index is 13.7. The van der Waals surface area contributed by atoms with Crippen LogP contribution in [0.25, 0.3) is 0 Å². The summed E-state index contributed by atoms with van der Waals surface area (Å²) in [5.74, 6) is 6.26. The van der Waals surface area contributed by atoms with E-state index in [-0.39, 0.29) is 53.6 Å². The third-order valence-corrected chi connectivity index (χ3v) is 9.38. The second kappa shape index (κ2) is 12.9. The van der Waals surface area contributed by atoms with Gasteiger partial charge in [0.1, 0.15) is 5.78 Å². The summed E-state index contributed by atoms with van der Waals surface area (Å²) in [6, 6.07) is 20.3. The lowest BCUT2D eigenvalue weighted by Gasteiger charge is -2.46. The number of aliphatic hydroxyl groups is 1. The molecule has 1 fully saturated rings. The van der Waals surface area contributed by atoms with Crippen molar-refractivity contribution in [2.24, 2.45) is 11.8 Å². The topological polar surface area (TPSA) is 107 Å². The van der Waals surface area contributed by atoms with Crippen LogP contribution in [0.4, 0.5) is 0 Å². The van der Waals surface area contributed by atoms with Crippen LogP contribution in [0.2, 0.25) is 0 Å². The molecule has 5 rings (SSSR count). The van der Waals surface area contributed by atoms with Crippen LogP contribution in [0.3, 0.4) is 0 Å². The van der Waals surface area contributed by atoms with Crippen molar-refractivity contribution >= 4 is 5.78 Å². The van der Waals surface area contributed by atoms with E-state index in [0.29, 0.717) is 18.6 Å². The van der Waals surface area contributed by atoms with Gasteiger partial charge in [-0.05, 0) is 60.2 Å². The van der Waals surface area contributed by atoms with E-state index in [2.05, 4.69) is 24.0 Å². The molecule has 2 aliphatic rings. The first-order valence-electron chi connectivity index (χ1n) is 14.9. The summed E-state index contributed by atoms with van der Waals surface area (Å²) in [5, 5.41) is 42.3. The Kier molecular flexibility index (Phi) is 9.09. The Hall–Kier alpha value is -3.95. The predicted molar refractivity (Wildman–Crippen MR) is 162 cm³/mol. The molecule has 0 aromatic heterocycles. The van der Waals surface area contributed by atoms with Gasteiger partial charge in [0.05, 0.1) is 13.2 Å². The van der Waals surface area contributed by atoms with Gasteiger partial charge in [0.2, 0.25) is 0 Å². The maximum absolute atomic E-state index is 13.7. The fraction of sp³-hybridized carbons (Fsp3) is 0.417. The van der Waals surface area contributed by atoms with Gasteiger partial charge in [-0.25, -0.2) is 0 Å². The highest BCUT2D eigenvalue weighted by atomic mass is 16.5. The van der Waals surface area contributed by atoms with E-state index in [9.17, 15) is 25.2 Å². The number of ether oxygens (including phenoxy) is 1. The minimum Gasteiger partial charge on any atom is -0.504 e. The second-order valence-electron chi connectivity index (χ2n) is 11.9. The van der Waals surface area contributed by atoms with Crippen molar-refractivity contribution in [1.29, 1.82) is 0 Å². The predicted octanol–water partition coefficient (Wildman–Crippen LogP) is 6.39. The number of aromatic hydroxyl groups is 3. The van der Waals surface area contributed by atoms with Gasteiger partial charge in [0, 0.05) is 42.4 Å². The molecule has 4 unspecified atom stereocenters. The zero-order chi connectivity index (χ0) is 29.7. The minimum absolute atomic E-state index is 0.0158. The van der Waals surface area contributed by atoms with Crippen molar-refractivity contribution in [3.05, 3.63) is 83.4 Å². The number of benzene rings is 3. The van der Waals surface area contributed by atoms with Gasteiger partial charge in [0.25, 0.3) is 0 Å². The largest absolute Gasteiger partial charge is 0.504 e. The molecule has 0 saturated heterocycles. The van der Waals surface area contributed by atoms with Crippen molar-refractivity contribution in [2.75, 3.05) is 7.11 Å². The lowest BCUT2D eigenvalue weighted by molar-refractivity contribution is -0.123. The summed E-state index contributed by atoms with van der Waals surface area (Å²) in [6.45, 7) is 0. The molecule has 4 N–H and O–H groups in total. The summed E-state index contributed by atoms with van der Waals surface area (Å²) in [5.41, 5.74) is 2.40. The van der Waals surface area contributed by atoms with Gasteiger partial charge < -0.3 is 25.2 Å². The van der Waals surface area contributed by atoms with Gasteiger partial charge in [-0.3, -0.25) is 4.79 Å².